The summed E-state index contributed by atoms with van der Waals surface area (Å²) in [4.78, 5) is 16.6. The van der Waals surface area contributed by atoms with Crippen molar-refractivity contribution >= 4 is 29.5 Å². The van der Waals surface area contributed by atoms with E-state index in [1.54, 1.807) is 30.3 Å². The summed E-state index contributed by atoms with van der Waals surface area (Å²) in [6.45, 7) is 0.256. The molecular weight excluding hydrogens is 421 g/mol. The van der Waals surface area contributed by atoms with E-state index in [2.05, 4.69) is 4.99 Å². The average molecular weight is 438 g/mol. The van der Waals surface area contributed by atoms with E-state index in [1.807, 2.05) is 18.2 Å². The summed E-state index contributed by atoms with van der Waals surface area (Å²) in [6, 6.07) is 18.2. The van der Waals surface area contributed by atoms with Crippen LogP contribution in [0.5, 0.6) is 11.5 Å². The van der Waals surface area contributed by atoms with Gasteiger partial charge in [-0.15, -0.1) is 0 Å². The van der Waals surface area contributed by atoms with E-state index in [-0.39, 0.29) is 24.0 Å². The predicted octanol–water partition coefficient (Wildman–Crippen LogP) is 5.41. The Labute approximate surface area is 183 Å². The topological polar surface area (TPSA) is 57.1 Å². The molecule has 7 heteroatoms. The zero-order chi connectivity index (χ0) is 21.8. The number of nitrogens with zero attached hydrogens (tertiary/aromatic N) is 1. The Kier molecular flexibility index (Phi) is 6.00. The number of ether oxygens (including phenoxy) is 3. The first kappa shape index (κ1) is 20.6. The van der Waals surface area contributed by atoms with Crippen molar-refractivity contribution in [3.8, 4) is 11.5 Å². The molecule has 0 aromatic heterocycles. The van der Waals surface area contributed by atoms with E-state index < -0.39 is 5.97 Å². The summed E-state index contributed by atoms with van der Waals surface area (Å²) >= 11 is 6.04. The van der Waals surface area contributed by atoms with Crippen LogP contribution in [0.3, 0.4) is 0 Å². The lowest BCUT2D eigenvalue weighted by Gasteiger charge is -2.13. The minimum Gasteiger partial charge on any atom is -0.493 e. The molecule has 0 bridgehead atoms. The number of benzene rings is 3. The molecule has 0 amide bonds. The Morgan fingerprint density at radius 1 is 1.10 bits per heavy atom. The first-order valence-corrected chi connectivity index (χ1v) is 9.74. The third kappa shape index (κ3) is 4.75. The summed E-state index contributed by atoms with van der Waals surface area (Å²) in [7, 11) is 1.53. The van der Waals surface area contributed by atoms with Crippen molar-refractivity contribution in [3.63, 3.8) is 0 Å². The van der Waals surface area contributed by atoms with E-state index in [4.69, 9.17) is 25.8 Å². The average Bonchev–Trinajstić information content (AvgIpc) is 3.13. The molecule has 0 fully saturated rings. The van der Waals surface area contributed by atoms with Crippen LogP contribution < -0.4 is 9.47 Å². The fourth-order valence-corrected chi connectivity index (χ4v) is 3.23. The zero-order valence-electron chi connectivity index (χ0n) is 16.5. The van der Waals surface area contributed by atoms with Crippen LogP contribution in [0.2, 0.25) is 5.02 Å². The number of hydrogen-bond donors (Lipinski definition) is 0. The molecule has 156 valence electrons. The maximum absolute atomic E-state index is 13.2. The Hall–Kier alpha value is -3.64. The summed E-state index contributed by atoms with van der Waals surface area (Å²) in [5.41, 5.74) is 2.08. The summed E-state index contributed by atoms with van der Waals surface area (Å²) in [6.07, 6.45) is 1.56. The lowest BCUT2D eigenvalue weighted by Crippen LogP contribution is -2.05. The lowest BCUT2D eigenvalue weighted by atomic mass is 10.1. The summed E-state index contributed by atoms with van der Waals surface area (Å²) < 4.78 is 29.8. The van der Waals surface area contributed by atoms with Crippen LogP contribution in [-0.2, 0) is 16.1 Å². The normalized spacial score (nSPS) is 14.4. The van der Waals surface area contributed by atoms with Gasteiger partial charge in [0.25, 0.3) is 0 Å². The minimum absolute atomic E-state index is 0.0974. The van der Waals surface area contributed by atoms with E-state index in [9.17, 15) is 9.18 Å². The van der Waals surface area contributed by atoms with Crippen molar-refractivity contribution in [2.45, 2.75) is 6.61 Å². The Morgan fingerprint density at radius 2 is 1.87 bits per heavy atom. The molecule has 0 N–H and O–H groups in total. The van der Waals surface area contributed by atoms with Crippen molar-refractivity contribution in [1.29, 1.82) is 0 Å². The molecule has 3 aromatic carbocycles. The summed E-state index contributed by atoms with van der Waals surface area (Å²) in [5.74, 6) is 0.0759. The van der Waals surface area contributed by atoms with Crippen molar-refractivity contribution in [3.05, 3.63) is 100.0 Å². The van der Waals surface area contributed by atoms with Gasteiger partial charge in [0.2, 0.25) is 5.90 Å². The largest absolute Gasteiger partial charge is 0.493 e. The first-order valence-electron chi connectivity index (χ1n) is 9.36. The second-order valence-corrected chi connectivity index (χ2v) is 7.08. The third-order valence-electron chi connectivity index (χ3n) is 4.51. The van der Waals surface area contributed by atoms with Crippen LogP contribution in [0.25, 0.3) is 6.08 Å². The van der Waals surface area contributed by atoms with Crippen molar-refractivity contribution in [2.75, 3.05) is 7.11 Å². The molecule has 0 atom stereocenters. The van der Waals surface area contributed by atoms with Crippen LogP contribution in [0.15, 0.2) is 77.4 Å². The second kappa shape index (κ2) is 9.02. The number of aliphatic imine (C=N–C) groups is 1. The molecule has 3 aromatic rings. The lowest BCUT2D eigenvalue weighted by molar-refractivity contribution is -0.129. The van der Waals surface area contributed by atoms with Gasteiger partial charge in [-0.2, -0.15) is 0 Å². The molecule has 0 aliphatic carbocycles. The van der Waals surface area contributed by atoms with Gasteiger partial charge >= 0.3 is 5.97 Å². The van der Waals surface area contributed by atoms with Crippen LogP contribution in [0.4, 0.5) is 4.39 Å². The van der Waals surface area contributed by atoms with Crippen LogP contribution in [0, 0.1) is 5.82 Å². The molecule has 1 heterocycles. The molecule has 31 heavy (non-hydrogen) atoms. The van der Waals surface area contributed by atoms with Gasteiger partial charge in [0.15, 0.2) is 17.2 Å². The van der Waals surface area contributed by atoms with E-state index in [1.165, 1.54) is 31.4 Å². The molecule has 0 spiro atoms. The molecule has 0 saturated heterocycles. The molecule has 0 unspecified atom stereocenters. The highest BCUT2D eigenvalue weighted by Gasteiger charge is 2.25. The monoisotopic (exact) mass is 437 g/mol. The molecular formula is C24H17ClFNO4. The minimum atomic E-state index is -0.608. The second-order valence-electron chi connectivity index (χ2n) is 6.64. The Bertz CT molecular complexity index is 1190. The molecule has 1 aliphatic heterocycles. The van der Waals surface area contributed by atoms with Gasteiger partial charge in [0, 0.05) is 16.1 Å². The van der Waals surface area contributed by atoms with Crippen LogP contribution in [-0.4, -0.2) is 19.0 Å². The highest BCUT2D eigenvalue weighted by atomic mass is 35.5. The van der Waals surface area contributed by atoms with Crippen molar-refractivity contribution < 1.29 is 23.4 Å². The number of carbonyl (C=O) groups excluding carboxylic acids is 1. The molecule has 0 radical (unpaired) electrons. The SMILES string of the molecule is COc1cccc(/C=C2\N=C(c3ccc(F)cc3)OC2=O)c1OCc1cccc(Cl)c1. The molecule has 1 aliphatic rings. The predicted molar refractivity (Wildman–Crippen MR) is 116 cm³/mol. The van der Waals surface area contributed by atoms with Crippen molar-refractivity contribution in [1.82, 2.24) is 0 Å². The number of hydrogen-bond acceptors (Lipinski definition) is 5. The number of esters is 1. The van der Waals surface area contributed by atoms with E-state index in [0.717, 1.165) is 5.56 Å². The number of carbonyl (C=O) groups is 1. The summed E-state index contributed by atoms with van der Waals surface area (Å²) in [5, 5.41) is 0.611. The number of halogens is 2. The fraction of sp³-hybridized carbons (Fsp3) is 0.0833. The van der Waals surface area contributed by atoms with Gasteiger partial charge in [-0.25, -0.2) is 14.2 Å². The number of rotatable bonds is 6. The number of cyclic esters (lactones) is 1. The van der Waals surface area contributed by atoms with Gasteiger partial charge in [-0.1, -0.05) is 35.9 Å². The maximum atomic E-state index is 13.2. The molecule has 4 rings (SSSR count). The molecule has 5 nitrogen and oxygen atoms in total. The Morgan fingerprint density at radius 3 is 2.61 bits per heavy atom. The maximum Gasteiger partial charge on any atom is 0.363 e. The number of methoxy groups -OCH3 is 1. The first-order chi connectivity index (χ1) is 15.0. The van der Waals surface area contributed by atoms with Crippen molar-refractivity contribution in [2.24, 2.45) is 4.99 Å². The Balaban J connectivity index is 1.65. The fourth-order valence-electron chi connectivity index (χ4n) is 3.02. The standard InChI is InChI=1S/C24H17ClFNO4/c1-29-21-7-3-5-17(22(21)30-14-15-4-2-6-18(25)12-15)13-20-24(28)31-23(27-20)16-8-10-19(26)11-9-16/h2-13H,14H2,1H3/b20-13-. The smallest absolute Gasteiger partial charge is 0.363 e. The highest BCUT2D eigenvalue weighted by Crippen LogP contribution is 2.34. The van der Waals surface area contributed by atoms with Gasteiger partial charge in [-0.05, 0) is 54.1 Å². The van der Waals surface area contributed by atoms with Gasteiger partial charge in [0.05, 0.1) is 7.11 Å². The third-order valence-corrected chi connectivity index (χ3v) is 4.74. The van der Waals surface area contributed by atoms with Gasteiger partial charge in [0.1, 0.15) is 12.4 Å². The number of para-hydroxylation sites is 1. The van der Waals surface area contributed by atoms with E-state index in [0.29, 0.717) is 27.6 Å². The van der Waals surface area contributed by atoms with Gasteiger partial charge < -0.3 is 14.2 Å². The molecule has 0 saturated carbocycles. The zero-order valence-corrected chi connectivity index (χ0v) is 17.2. The quantitative estimate of drug-likeness (QED) is 0.382. The van der Waals surface area contributed by atoms with Crippen LogP contribution >= 0.6 is 11.6 Å². The van der Waals surface area contributed by atoms with Crippen LogP contribution in [0.1, 0.15) is 16.7 Å². The van der Waals surface area contributed by atoms with Gasteiger partial charge in [-0.3, -0.25) is 0 Å². The highest BCUT2D eigenvalue weighted by molar-refractivity contribution is 6.30. The van der Waals surface area contributed by atoms with E-state index >= 15 is 0 Å².